The van der Waals surface area contributed by atoms with E-state index in [2.05, 4.69) is 24.3 Å². The van der Waals surface area contributed by atoms with Gasteiger partial charge in [0.1, 0.15) is 6.54 Å². The quantitative estimate of drug-likeness (QED) is 0.781. The lowest BCUT2D eigenvalue weighted by Crippen LogP contribution is -2.21. The molecule has 0 aliphatic rings. The van der Waals surface area contributed by atoms with Gasteiger partial charge in [0.2, 0.25) is 0 Å². The maximum absolute atomic E-state index is 12.1. The number of rotatable bonds is 7. The summed E-state index contributed by atoms with van der Waals surface area (Å²) in [5.74, 6) is 0. The van der Waals surface area contributed by atoms with Crippen molar-refractivity contribution in [3.05, 3.63) is 18.0 Å². The first-order valence-electron chi connectivity index (χ1n) is 5.71. The molecule has 0 aliphatic carbocycles. The molecule has 0 saturated carbocycles. The van der Waals surface area contributed by atoms with Crippen molar-refractivity contribution in [3.63, 3.8) is 0 Å². The molecule has 0 saturated heterocycles. The first-order chi connectivity index (χ1) is 7.67. The molecule has 0 aliphatic heterocycles. The molecule has 5 heteroatoms. The average molecular weight is 231 g/mol. The van der Waals surface area contributed by atoms with Gasteiger partial charge in [-0.2, -0.15) is 5.10 Å². The minimum absolute atomic E-state index is 0.214. The van der Waals surface area contributed by atoms with E-state index in [1.807, 2.05) is 0 Å². The van der Waals surface area contributed by atoms with Gasteiger partial charge in [-0.1, -0.05) is 13.8 Å². The fraction of sp³-hybridized carbons (Fsp3) is 0.727. The van der Waals surface area contributed by atoms with E-state index in [4.69, 9.17) is 0 Å². The van der Waals surface area contributed by atoms with Gasteiger partial charge in [-0.05, 0) is 19.4 Å². The lowest BCUT2D eigenvalue weighted by atomic mass is 10.1. The zero-order chi connectivity index (χ0) is 12.0. The summed E-state index contributed by atoms with van der Waals surface area (Å²) in [6.07, 6.45) is 3.00. The number of aromatic nitrogens is 2. The molecule has 1 rings (SSSR count). The second-order valence-electron chi connectivity index (χ2n) is 3.80. The summed E-state index contributed by atoms with van der Waals surface area (Å²) in [5, 5.41) is 7.29. The highest BCUT2D eigenvalue weighted by atomic mass is 19.3. The molecule has 0 fully saturated rings. The Morgan fingerprint density at radius 1 is 1.44 bits per heavy atom. The second-order valence-corrected chi connectivity index (χ2v) is 3.80. The van der Waals surface area contributed by atoms with Crippen molar-refractivity contribution in [1.82, 2.24) is 15.1 Å². The molecule has 16 heavy (non-hydrogen) atoms. The Kier molecular flexibility index (Phi) is 5.38. The molecule has 0 bridgehead atoms. The van der Waals surface area contributed by atoms with Crippen molar-refractivity contribution in [2.24, 2.45) is 0 Å². The molecule has 0 spiro atoms. The fourth-order valence-electron chi connectivity index (χ4n) is 1.62. The first kappa shape index (κ1) is 13.1. The average Bonchev–Trinajstić information content (AvgIpc) is 2.67. The first-order valence-corrected chi connectivity index (χ1v) is 5.71. The van der Waals surface area contributed by atoms with Crippen LogP contribution in [-0.4, -0.2) is 22.8 Å². The molecule has 1 atom stereocenters. The van der Waals surface area contributed by atoms with Gasteiger partial charge in [-0.15, -0.1) is 0 Å². The van der Waals surface area contributed by atoms with E-state index in [1.165, 1.54) is 4.68 Å². The highest BCUT2D eigenvalue weighted by Crippen LogP contribution is 2.15. The SMILES string of the molecule is CCCNC(CC)c1cnn(CC(F)F)c1. The molecule has 0 aromatic carbocycles. The van der Waals surface area contributed by atoms with E-state index >= 15 is 0 Å². The number of alkyl halides is 2. The zero-order valence-electron chi connectivity index (χ0n) is 9.79. The van der Waals surface area contributed by atoms with Crippen LogP contribution in [0.1, 0.15) is 38.3 Å². The standard InChI is InChI=1S/C11H19F2N3/c1-3-5-14-10(4-2)9-6-15-16(7-9)8-11(12)13/h6-7,10-11,14H,3-5,8H2,1-2H3. The van der Waals surface area contributed by atoms with Crippen LogP contribution in [0.3, 0.4) is 0 Å². The molecular formula is C11H19F2N3. The Labute approximate surface area is 94.8 Å². The van der Waals surface area contributed by atoms with Crippen LogP contribution in [0.5, 0.6) is 0 Å². The number of nitrogens with one attached hydrogen (secondary N) is 1. The molecule has 0 radical (unpaired) electrons. The minimum atomic E-state index is -2.35. The molecule has 1 heterocycles. The summed E-state index contributed by atoms with van der Waals surface area (Å²) in [6.45, 7) is 4.76. The summed E-state index contributed by atoms with van der Waals surface area (Å²) in [7, 11) is 0. The summed E-state index contributed by atoms with van der Waals surface area (Å²) in [5.41, 5.74) is 0.983. The van der Waals surface area contributed by atoms with Crippen LogP contribution >= 0.6 is 0 Å². The number of halogens is 2. The number of hydrogen-bond acceptors (Lipinski definition) is 2. The maximum atomic E-state index is 12.1. The normalized spacial score (nSPS) is 13.3. The summed E-state index contributed by atoms with van der Waals surface area (Å²) in [4.78, 5) is 0. The van der Waals surface area contributed by atoms with Crippen LogP contribution in [-0.2, 0) is 6.54 Å². The molecule has 1 aromatic heterocycles. The predicted octanol–water partition coefficient (Wildman–Crippen LogP) is 2.60. The van der Waals surface area contributed by atoms with Crippen LogP contribution in [0.15, 0.2) is 12.4 Å². The van der Waals surface area contributed by atoms with Crippen molar-refractivity contribution in [2.45, 2.75) is 45.7 Å². The smallest absolute Gasteiger partial charge is 0.257 e. The second kappa shape index (κ2) is 6.58. The highest BCUT2D eigenvalue weighted by molar-refractivity contribution is 5.10. The van der Waals surface area contributed by atoms with Crippen molar-refractivity contribution >= 4 is 0 Å². The monoisotopic (exact) mass is 231 g/mol. The van der Waals surface area contributed by atoms with Gasteiger partial charge < -0.3 is 5.32 Å². The molecule has 1 unspecified atom stereocenters. The van der Waals surface area contributed by atoms with Gasteiger partial charge in [-0.25, -0.2) is 8.78 Å². The minimum Gasteiger partial charge on any atom is -0.310 e. The van der Waals surface area contributed by atoms with E-state index in [-0.39, 0.29) is 12.6 Å². The van der Waals surface area contributed by atoms with Crippen molar-refractivity contribution in [1.29, 1.82) is 0 Å². The van der Waals surface area contributed by atoms with Crippen LogP contribution in [0.2, 0.25) is 0 Å². The van der Waals surface area contributed by atoms with E-state index in [9.17, 15) is 8.78 Å². The molecule has 1 aromatic rings. The predicted molar refractivity (Wildman–Crippen MR) is 59.6 cm³/mol. The van der Waals surface area contributed by atoms with E-state index in [0.717, 1.165) is 24.9 Å². The fourth-order valence-corrected chi connectivity index (χ4v) is 1.62. The Bertz CT molecular complexity index is 299. The third kappa shape index (κ3) is 3.89. The van der Waals surface area contributed by atoms with Gasteiger partial charge in [0.15, 0.2) is 0 Å². The molecular weight excluding hydrogens is 212 g/mol. The molecule has 0 amide bonds. The van der Waals surface area contributed by atoms with Crippen molar-refractivity contribution in [3.8, 4) is 0 Å². The van der Waals surface area contributed by atoms with Crippen molar-refractivity contribution < 1.29 is 8.78 Å². The topological polar surface area (TPSA) is 29.9 Å². The van der Waals surface area contributed by atoms with Gasteiger partial charge in [0.25, 0.3) is 6.43 Å². The maximum Gasteiger partial charge on any atom is 0.257 e. The van der Waals surface area contributed by atoms with E-state index in [0.29, 0.717) is 0 Å². The van der Waals surface area contributed by atoms with Crippen LogP contribution in [0.25, 0.3) is 0 Å². The van der Waals surface area contributed by atoms with E-state index in [1.54, 1.807) is 12.4 Å². The van der Waals surface area contributed by atoms with Crippen LogP contribution in [0, 0.1) is 0 Å². The van der Waals surface area contributed by atoms with E-state index < -0.39 is 6.43 Å². The summed E-state index contributed by atoms with van der Waals surface area (Å²) in [6, 6.07) is 0.214. The Balaban J connectivity index is 2.59. The molecule has 1 N–H and O–H groups in total. The van der Waals surface area contributed by atoms with Gasteiger partial charge in [-0.3, -0.25) is 4.68 Å². The highest BCUT2D eigenvalue weighted by Gasteiger charge is 2.12. The van der Waals surface area contributed by atoms with Crippen molar-refractivity contribution in [2.75, 3.05) is 6.54 Å². The molecule has 3 nitrogen and oxygen atoms in total. The van der Waals surface area contributed by atoms with Gasteiger partial charge >= 0.3 is 0 Å². The van der Waals surface area contributed by atoms with Gasteiger partial charge in [0.05, 0.1) is 6.20 Å². The van der Waals surface area contributed by atoms with Crippen LogP contribution < -0.4 is 5.32 Å². The Morgan fingerprint density at radius 2 is 2.19 bits per heavy atom. The lowest BCUT2D eigenvalue weighted by molar-refractivity contribution is 0.122. The van der Waals surface area contributed by atoms with Crippen LogP contribution in [0.4, 0.5) is 8.78 Å². The number of nitrogens with zero attached hydrogens (tertiary/aromatic N) is 2. The molecule has 92 valence electrons. The third-order valence-corrected chi connectivity index (χ3v) is 2.43. The largest absolute Gasteiger partial charge is 0.310 e. The zero-order valence-corrected chi connectivity index (χ0v) is 9.79. The number of hydrogen-bond donors (Lipinski definition) is 1. The summed E-state index contributed by atoms with van der Waals surface area (Å²) < 4.78 is 25.6. The lowest BCUT2D eigenvalue weighted by Gasteiger charge is -2.14. The Morgan fingerprint density at radius 3 is 2.75 bits per heavy atom. The third-order valence-electron chi connectivity index (χ3n) is 2.43. The van der Waals surface area contributed by atoms with Gasteiger partial charge in [0, 0.05) is 17.8 Å². The summed E-state index contributed by atoms with van der Waals surface area (Å²) >= 11 is 0. The Hall–Kier alpha value is -0.970.